The Morgan fingerprint density at radius 2 is 2.05 bits per heavy atom. The molecule has 3 unspecified atom stereocenters. The molecule has 1 aliphatic carbocycles. The molecule has 2 aliphatic rings. The lowest BCUT2D eigenvalue weighted by Crippen LogP contribution is -2.49. The largest absolute Gasteiger partial charge is 0.298 e. The summed E-state index contributed by atoms with van der Waals surface area (Å²) in [7, 11) is 0. The maximum atomic E-state index is 9.50. The van der Waals surface area contributed by atoms with Gasteiger partial charge in [-0.25, -0.2) is 0 Å². The number of nitriles is 1. The lowest BCUT2D eigenvalue weighted by Gasteiger charge is -2.37. The van der Waals surface area contributed by atoms with Crippen LogP contribution in [0.25, 0.3) is 0 Å². The van der Waals surface area contributed by atoms with Crippen molar-refractivity contribution < 1.29 is 0 Å². The third-order valence-corrected chi connectivity index (χ3v) is 4.72. The van der Waals surface area contributed by atoms with Crippen molar-refractivity contribution in [3.63, 3.8) is 0 Å². The zero-order valence-electron chi connectivity index (χ0n) is 12.8. The summed E-state index contributed by atoms with van der Waals surface area (Å²) in [5.41, 5.74) is -0.355. The second kappa shape index (κ2) is 6.24. The van der Waals surface area contributed by atoms with E-state index in [0.29, 0.717) is 18.1 Å². The quantitative estimate of drug-likeness (QED) is 0.828. The molecule has 19 heavy (non-hydrogen) atoms. The smallest absolute Gasteiger partial charge is 0.105 e. The SMILES string of the molecule is CC1CCCCCN1C(C)CC(C)(C#N)NC1CC1. The molecule has 1 N–H and O–H groups in total. The number of hydrogen-bond donors (Lipinski definition) is 1. The van der Waals surface area contributed by atoms with Crippen molar-refractivity contribution in [2.45, 2.75) is 89.4 Å². The van der Waals surface area contributed by atoms with Crippen LogP contribution in [0.4, 0.5) is 0 Å². The van der Waals surface area contributed by atoms with Gasteiger partial charge in [-0.1, -0.05) is 12.8 Å². The molecule has 1 saturated carbocycles. The first-order chi connectivity index (χ1) is 9.04. The first kappa shape index (κ1) is 14.8. The second-order valence-corrected chi connectivity index (χ2v) is 6.85. The minimum Gasteiger partial charge on any atom is -0.298 e. The highest BCUT2D eigenvalue weighted by Crippen LogP contribution is 2.27. The van der Waals surface area contributed by atoms with Crippen LogP contribution in [0, 0.1) is 11.3 Å². The highest BCUT2D eigenvalue weighted by Gasteiger charge is 2.35. The Kier molecular flexibility index (Phi) is 4.86. The van der Waals surface area contributed by atoms with E-state index in [4.69, 9.17) is 0 Å². The van der Waals surface area contributed by atoms with Crippen LogP contribution < -0.4 is 5.32 Å². The molecule has 0 radical (unpaired) electrons. The van der Waals surface area contributed by atoms with E-state index in [1.165, 1.54) is 45.1 Å². The molecule has 3 nitrogen and oxygen atoms in total. The lowest BCUT2D eigenvalue weighted by molar-refractivity contribution is 0.133. The van der Waals surface area contributed by atoms with Gasteiger partial charge in [-0.05, 0) is 59.4 Å². The normalized spacial score (nSPS) is 30.1. The van der Waals surface area contributed by atoms with Gasteiger partial charge in [0.05, 0.1) is 6.07 Å². The van der Waals surface area contributed by atoms with E-state index in [-0.39, 0.29) is 5.54 Å². The predicted octanol–water partition coefficient (Wildman–Crippen LogP) is 3.06. The van der Waals surface area contributed by atoms with Crippen molar-refractivity contribution in [3.05, 3.63) is 0 Å². The highest BCUT2D eigenvalue weighted by molar-refractivity contribution is 5.08. The molecule has 3 atom stereocenters. The zero-order chi connectivity index (χ0) is 13.9. The van der Waals surface area contributed by atoms with Crippen LogP contribution in [0.2, 0.25) is 0 Å². The van der Waals surface area contributed by atoms with E-state index >= 15 is 0 Å². The van der Waals surface area contributed by atoms with Gasteiger partial charge in [0.15, 0.2) is 0 Å². The Hall–Kier alpha value is -0.590. The molecule has 2 rings (SSSR count). The molecule has 1 aliphatic heterocycles. The fourth-order valence-electron chi connectivity index (χ4n) is 3.48. The number of nitrogens with one attached hydrogen (secondary N) is 1. The molecule has 0 aromatic heterocycles. The maximum absolute atomic E-state index is 9.50. The third kappa shape index (κ3) is 4.19. The first-order valence-corrected chi connectivity index (χ1v) is 7.99. The highest BCUT2D eigenvalue weighted by atomic mass is 15.2. The lowest BCUT2D eigenvalue weighted by atomic mass is 9.93. The Bertz CT molecular complexity index is 331. The van der Waals surface area contributed by atoms with Crippen molar-refractivity contribution in [3.8, 4) is 6.07 Å². The van der Waals surface area contributed by atoms with Gasteiger partial charge in [0.1, 0.15) is 5.54 Å². The molecule has 0 spiro atoms. The van der Waals surface area contributed by atoms with Crippen molar-refractivity contribution in [2.24, 2.45) is 0 Å². The average Bonchev–Trinajstić information content (AvgIpc) is 3.17. The molecule has 2 fully saturated rings. The molecular weight excluding hydrogens is 234 g/mol. The van der Waals surface area contributed by atoms with Crippen molar-refractivity contribution in [1.82, 2.24) is 10.2 Å². The molecule has 0 amide bonds. The molecule has 0 bridgehead atoms. The van der Waals surface area contributed by atoms with Gasteiger partial charge >= 0.3 is 0 Å². The van der Waals surface area contributed by atoms with Gasteiger partial charge < -0.3 is 0 Å². The summed E-state index contributed by atoms with van der Waals surface area (Å²) >= 11 is 0. The molecule has 0 aromatic carbocycles. The van der Waals surface area contributed by atoms with Crippen molar-refractivity contribution in [1.29, 1.82) is 5.26 Å². The van der Waals surface area contributed by atoms with Crippen LogP contribution >= 0.6 is 0 Å². The van der Waals surface area contributed by atoms with Gasteiger partial charge in [-0.3, -0.25) is 10.2 Å². The summed E-state index contributed by atoms with van der Waals surface area (Å²) in [6, 6.07) is 4.27. The Morgan fingerprint density at radius 1 is 1.32 bits per heavy atom. The van der Waals surface area contributed by atoms with E-state index in [0.717, 1.165) is 6.42 Å². The van der Waals surface area contributed by atoms with Gasteiger partial charge in [0, 0.05) is 18.1 Å². The van der Waals surface area contributed by atoms with Gasteiger partial charge in [-0.15, -0.1) is 0 Å². The second-order valence-electron chi connectivity index (χ2n) is 6.85. The summed E-state index contributed by atoms with van der Waals surface area (Å²) < 4.78 is 0. The number of nitrogens with zero attached hydrogens (tertiary/aromatic N) is 2. The van der Waals surface area contributed by atoms with Gasteiger partial charge in [-0.2, -0.15) is 5.26 Å². The molecular formula is C16H29N3. The van der Waals surface area contributed by atoms with E-state index < -0.39 is 0 Å². The Morgan fingerprint density at radius 3 is 2.68 bits per heavy atom. The van der Waals surface area contributed by atoms with E-state index in [2.05, 4.69) is 37.1 Å². The Labute approximate surface area is 118 Å². The summed E-state index contributed by atoms with van der Waals surface area (Å²) in [6.45, 7) is 7.92. The molecule has 108 valence electrons. The summed E-state index contributed by atoms with van der Waals surface area (Å²) in [5, 5.41) is 13.0. The van der Waals surface area contributed by atoms with Crippen molar-refractivity contribution >= 4 is 0 Å². The van der Waals surface area contributed by atoms with Crippen LogP contribution in [0.5, 0.6) is 0 Å². The van der Waals surface area contributed by atoms with Gasteiger partial charge in [0.2, 0.25) is 0 Å². The fraction of sp³-hybridized carbons (Fsp3) is 0.938. The standard InChI is InChI=1S/C16H29N3/c1-13-7-5-4-6-10-19(13)14(2)11-16(3,12-17)18-15-8-9-15/h13-15,18H,4-11H2,1-3H3. The molecule has 1 heterocycles. The zero-order valence-corrected chi connectivity index (χ0v) is 12.8. The van der Waals surface area contributed by atoms with E-state index in [1.807, 2.05) is 0 Å². The van der Waals surface area contributed by atoms with Crippen LogP contribution in [0.15, 0.2) is 0 Å². The van der Waals surface area contributed by atoms with Gasteiger partial charge in [0.25, 0.3) is 0 Å². The molecule has 0 aromatic rings. The van der Waals surface area contributed by atoms with E-state index in [9.17, 15) is 5.26 Å². The van der Waals surface area contributed by atoms with Crippen LogP contribution in [0.1, 0.15) is 65.7 Å². The summed E-state index contributed by atoms with van der Waals surface area (Å²) in [6.07, 6.45) is 8.77. The van der Waals surface area contributed by atoms with E-state index in [1.54, 1.807) is 0 Å². The molecule has 1 saturated heterocycles. The topological polar surface area (TPSA) is 39.1 Å². The number of hydrogen-bond acceptors (Lipinski definition) is 3. The summed E-state index contributed by atoms with van der Waals surface area (Å²) in [4.78, 5) is 2.62. The minimum atomic E-state index is -0.355. The van der Waals surface area contributed by atoms with Crippen LogP contribution in [-0.4, -0.2) is 35.1 Å². The number of rotatable bonds is 5. The fourth-order valence-corrected chi connectivity index (χ4v) is 3.48. The molecule has 3 heteroatoms. The number of likely N-dealkylation sites (tertiary alicyclic amines) is 1. The third-order valence-electron chi connectivity index (χ3n) is 4.72. The average molecular weight is 263 g/mol. The predicted molar refractivity (Wildman–Crippen MR) is 78.9 cm³/mol. The monoisotopic (exact) mass is 263 g/mol. The minimum absolute atomic E-state index is 0.355. The van der Waals surface area contributed by atoms with Crippen LogP contribution in [-0.2, 0) is 0 Å². The van der Waals surface area contributed by atoms with Crippen molar-refractivity contribution in [2.75, 3.05) is 6.54 Å². The first-order valence-electron chi connectivity index (χ1n) is 7.99. The summed E-state index contributed by atoms with van der Waals surface area (Å²) in [5.74, 6) is 0. The Balaban J connectivity index is 1.93. The van der Waals surface area contributed by atoms with Crippen LogP contribution in [0.3, 0.4) is 0 Å². The maximum Gasteiger partial charge on any atom is 0.105 e.